The van der Waals surface area contributed by atoms with Gasteiger partial charge < -0.3 is 31.1 Å². The normalized spacial score (nSPS) is 22.6. The summed E-state index contributed by atoms with van der Waals surface area (Å²) in [6.45, 7) is 5.47. The average molecular weight is 565 g/mol. The quantitative estimate of drug-likeness (QED) is 0.388. The van der Waals surface area contributed by atoms with Crippen LogP contribution >= 0.6 is 0 Å². The Morgan fingerprint density at radius 1 is 0.927 bits per heavy atom. The molecule has 0 unspecified atom stereocenters. The molecule has 1 aliphatic carbocycles. The maximum atomic E-state index is 13.9. The number of phenolic OH excluding ortho intramolecular Hbond substituents is 1. The zero-order valence-corrected chi connectivity index (χ0v) is 24.2. The smallest absolute Gasteiger partial charge is 0.246 e. The lowest BCUT2D eigenvalue weighted by molar-refractivity contribution is -0.136. The van der Waals surface area contributed by atoms with Crippen molar-refractivity contribution in [3.63, 3.8) is 0 Å². The van der Waals surface area contributed by atoms with Crippen molar-refractivity contribution in [3.05, 3.63) is 59.7 Å². The van der Waals surface area contributed by atoms with Crippen LogP contribution in [0.4, 0.5) is 0 Å². The number of aryl methyl sites for hydroxylation is 1. The van der Waals surface area contributed by atoms with Crippen molar-refractivity contribution >= 4 is 17.7 Å². The highest BCUT2D eigenvalue weighted by molar-refractivity contribution is 5.96. The molecule has 2 aromatic rings. The van der Waals surface area contributed by atoms with E-state index in [2.05, 4.69) is 35.1 Å². The number of benzene rings is 2. The van der Waals surface area contributed by atoms with Crippen molar-refractivity contribution in [1.29, 1.82) is 0 Å². The fraction of sp³-hybridized carbons (Fsp3) is 0.531. The molecule has 1 aliphatic heterocycles. The highest BCUT2D eigenvalue weighted by Crippen LogP contribution is 2.31. The number of amides is 3. The molecule has 1 fully saturated rings. The molecule has 3 amide bonds. The van der Waals surface area contributed by atoms with Crippen molar-refractivity contribution in [3.8, 4) is 11.5 Å². The molecule has 0 radical (unpaired) electrons. The lowest BCUT2D eigenvalue weighted by atomic mass is 9.93. The van der Waals surface area contributed by atoms with Crippen LogP contribution in [0, 0.1) is 5.92 Å². The van der Waals surface area contributed by atoms with Gasteiger partial charge in [0.15, 0.2) is 0 Å². The first-order chi connectivity index (χ1) is 19.8. The number of carbonyl (C=O) groups excluding carboxylic acids is 3. The number of hydrogen-bond acceptors (Lipinski definition) is 6. The van der Waals surface area contributed by atoms with Crippen molar-refractivity contribution in [2.45, 2.75) is 82.8 Å². The van der Waals surface area contributed by atoms with Gasteiger partial charge >= 0.3 is 0 Å². The van der Waals surface area contributed by atoms with Gasteiger partial charge in [0.1, 0.15) is 29.7 Å². The van der Waals surface area contributed by atoms with E-state index < -0.39 is 17.6 Å². The van der Waals surface area contributed by atoms with Gasteiger partial charge in [0, 0.05) is 19.5 Å². The van der Waals surface area contributed by atoms with E-state index in [1.807, 2.05) is 24.3 Å². The number of ether oxygens (including phenoxy) is 1. The second-order valence-corrected chi connectivity index (χ2v) is 11.7. The second kappa shape index (κ2) is 14.3. The minimum absolute atomic E-state index is 0.133. The summed E-state index contributed by atoms with van der Waals surface area (Å²) in [5.74, 6) is 0.378. The first-order valence-electron chi connectivity index (χ1n) is 14.9. The first-order valence-corrected chi connectivity index (χ1v) is 14.9. The molecule has 2 aliphatic rings. The number of fused-ring (bicyclic) bond motifs is 1. The Bertz CT molecular complexity index is 1180. The minimum Gasteiger partial charge on any atom is -0.508 e. The maximum Gasteiger partial charge on any atom is 0.246 e. The summed E-state index contributed by atoms with van der Waals surface area (Å²) < 4.78 is 6.08. The van der Waals surface area contributed by atoms with Crippen LogP contribution in [0.1, 0.15) is 63.5 Å². The van der Waals surface area contributed by atoms with Gasteiger partial charge in [-0.25, -0.2) is 0 Å². The average Bonchev–Trinajstić information content (AvgIpc) is 3.43. The number of para-hydroxylation sites is 1. The molecule has 0 aromatic heterocycles. The lowest BCUT2D eigenvalue weighted by Gasteiger charge is -2.33. The largest absolute Gasteiger partial charge is 0.508 e. The summed E-state index contributed by atoms with van der Waals surface area (Å²) >= 11 is 0. The molecule has 2 aromatic carbocycles. The second-order valence-electron chi connectivity index (χ2n) is 11.7. The van der Waals surface area contributed by atoms with Gasteiger partial charge in [0.2, 0.25) is 17.7 Å². The van der Waals surface area contributed by atoms with E-state index in [-0.39, 0.29) is 35.8 Å². The molecule has 1 spiro atoms. The Kier molecular flexibility index (Phi) is 10.6. The fourth-order valence-corrected chi connectivity index (χ4v) is 5.70. The van der Waals surface area contributed by atoms with Gasteiger partial charge in [-0.05, 0) is 67.3 Å². The molecule has 222 valence electrons. The predicted octanol–water partition coefficient (Wildman–Crippen LogP) is 2.99. The zero-order valence-electron chi connectivity index (χ0n) is 24.2. The molecular formula is C32H44N4O5. The van der Waals surface area contributed by atoms with E-state index in [4.69, 9.17) is 4.74 Å². The highest BCUT2D eigenvalue weighted by Gasteiger charge is 2.44. The van der Waals surface area contributed by atoms with Gasteiger partial charge in [-0.1, -0.05) is 57.0 Å². The van der Waals surface area contributed by atoms with Crippen LogP contribution in [-0.4, -0.2) is 60.1 Å². The molecule has 1 saturated carbocycles. The van der Waals surface area contributed by atoms with Crippen LogP contribution in [0.2, 0.25) is 0 Å². The molecular weight excluding hydrogens is 520 g/mol. The molecule has 0 saturated heterocycles. The van der Waals surface area contributed by atoms with Gasteiger partial charge in [-0.15, -0.1) is 0 Å². The number of carbonyl (C=O) groups is 3. The van der Waals surface area contributed by atoms with E-state index in [1.165, 1.54) is 0 Å². The number of rotatable bonds is 4. The van der Waals surface area contributed by atoms with E-state index in [0.717, 1.165) is 36.1 Å². The Labute approximate surface area is 242 Å². The third kappa shape index (κ3) is 8.45. The van der Waals surface area contributed by atoms with Gasteiger partial charge in [-0.3, -0.25) is 14.4 Å². The zero-order chi connectivity index (χ0) is 29.2. The third-order valence-corrected chi connectivity index (χ3v) is 7.92. The first kappa shape index (κ1) is 30.4. The van der Waals surface area contributed by atoms with Crippen molar-refractivity contribution in [2.75, 3.05) is 19.7 Å². The summed E-state index contributed by atoms with van der Waals surface area (Å²) in [5.41, 5.74) is 0.793. The Balaban J connectivity index is 1.60. The molecule has 9 nitrogen and oxygen atoms in total. The summed E-state index contributed by atoms with van der Waals surface area (Å²) in [4.78, 5) is 40.9. The SMILES string of the molecule is CC(C)C[C@@H]1NCCOc2ccccc2CCCNC(=O)[C@H](Cc2ccc(O)cc2)NC(=O)C2(CCCC2)NC1=O. The monoisotopic (exact) mass is 564 g/mol. The van der Waals surface area contributed by atoms with E-state index in [1.54, 1.807) is 24.3 Å². The third-order valence-electron chi connectivity index (χ3n) is 7.92. The lowest BCUT2D eigenvalue weighted by Crippen LogP contribution is -2.63. The Morgan fingerprint density at radius 2 is 1.66 bits per heavy atom. The molecule has 0 bridgehead atoms. The van der Waals surface area contributed by atoms with Crippen LogP contribution < -0.4 is 26.0 Å². The van der Waals surface area contributed by atoms with Gasteiger partial charge in [0.05, 0.1) is 6.04 Å². The number of hydrogen-bond donors (Lipinski definition) is 5. The molecule has 2 atom stereocenters. The molecule has 1 heterocycles. The topological polar surface area (TPSA) is 129 Å². The number of nitrogens with one attached hydrogen (secondary N) is 4. The van der Waals surface area contributed by atoms with Crippen LogP contribution in [-0.2, 0) is 27.2 Å². The van der Waals surface area contributed by atoms with Crippen LogP contribution in [0.25, 0.3) is 0 Å². The fourth-order valence-electron chi connectivity index (χ4n) is 5.70. The van der Waals surface area contributed by atoms with E-state index >= 15 is 0 Å². The maximum absolute atomic E-state index is 13.9. The molecule has 4 rings (SSSR count). The number of phenols is 1. The summed E-state index contributed by atoms with van der Waals surface area (Å²) in [7, 11) is 0. The van der Waals surface area contributed by atoms with E-state index in [0.29, 0.717) is 45.4 Å². The van der Waals surface area contributed by atoms with Crippen molar-refractivity contribution in [2.24, 2.45) is 5.92 Å². The minimum atomic E-state index is -1.07. The van der Waals surface area contributed by atoms with Crippen LogP contribution in [0.15, 0.2) is 48.5 Å². The number of aromatic hydroxyl groups is 1. The van der Waals surface area contributed by atoms with Crippen LogP contribution in [0.5, 0.6) is 11.5 Å². The van der Waals surface area contributed by atoms with Gasteiger partial charge in [0.25, 0.3) is 0 Å². The molecule has 9 heteroatoms. The Morgan fingerprint density at radius 3 is 2.39 bits per heavy atom. The Hall–Kier alpha value is -3.59. The summed E-state index contributed by atoms with van der Waals surface area (Å²) in [6, 6.07) is 13.2. The summed E-state index contributed by atoms with van der Waals surface area (Å²) in [6.07, 6.45) is 4.98. The van der Waals surface area contributed by atoms with Crippen molar-refractivity contribution < 1.29 is 24.2 Å². The highest BCUT2D eigenvalue weighted by atomic mass is 16.5. The van der Waals surface area contributed by atoms with E-state index in [9.17, 15) is 19.5 Å². The molecule has 5 N–H and O–H groups in total. The molecule has 41 heavy (non-hydrogen) atoms. The van der Waals surface area contributed by atoms with Crippen molar-refractivity contribution in [1.82, 2.24) is 21.3 Å². The summed E-state index contributed by atoms with van der Waals surface area (Å²) in [5, 5.41) is 22.1. The predicted molar refractivity (Wildman–Crippen MR) is 158 cm³/mol. The standard InChI is InChI=1S/C32H44N4O5/c1-22(2)20-26-30(39)36-32(15-5-6-16-32)31(40)35-27(21-23-11-13-25(37)14-12-23)29(38)34-17-7-9-24-8-3-4-10-28(24)41-19-18-33-26/h3-4,8,10-14,22,26-27,33,37H,5-7,9,15-21H2,1-2H3,(H,34,38)(H,35,40)(H,36,39)/t26-,27-/m0/s1. The van der Waals surface area contributed by atoms with Gasteiger partial charge in [-0.2, -0.15) is 0 Å². The van der Waals surface area contributed by atoms with Crippen LogP contribution in [0.3, 0.4) is 0 Å².